The Kier molecular flexibility index (Phi) is 4.71. The van der Waals surface area contributed by atoms with Crippen LogP contribution in [0.25, 0.3) is 0 Å². The highest BCUT2D eigenvalue weighted by molar-refractivity contribution is 5.68. The normalized spacial score (nSPS) is 18.6. The second-order valence-electron chi connectivity index (χ2n) is 5.54. The molecule has 0 bridgehead atoms. The van der Waals surface area contributed by atoms with Crippen LogP contribution in [0.5, 0.6) is 0 Å². The fourth-order valence-corrected chi connectivity index (χ4v) is 1.93. The molecule has 0 aliphatic carbocycles. The van der Waals surface area contributed by atoms with E-state index in [1.165, 1.54) is 0 Å². The van der Waals surface area contributed by atoms with Gasteiger partial charge in [-0.2, -0.15) is 0 Å². The molecule has 1 aliphatic rings. The topological polar surface area (TPSA) is 29.5 Å². The minimum absolute atomic E-state index is 0.0358. The average molecular weight is 249 g/mol. The van der Waals surface area contributed by atoms with Gasteiger partial charge in [-0.25, -0.2) is 13.6 Å². The molecule has 0 unspecified atom stereocenters. The minimum Gasteiger partial charge on any atom is -0.444 e. The number of nitrogens with zero attached hydrogens (tertiary/aromatic N) is 1. The van der Waals surface area contributed by atoms with Gasteiger partial charge in [0.05, 0.1) is 0 Å². The van der Waals surface area contributed by atoms with Gasteiger partial charge in [0, 0.05) is 19.5 Å². The molecular formula is C12H21F2NO2. The Morgan fingerprint density at radius 1 is 1.35 bits per heavy atom. The van der Waals surface area contributed by atoms with Crippen LogP contribution in [0.2, 0.25) is 0 Å². The summed E-state index contributed by atoms with van der Waals surface area (Å²) < 4.78 is 29.6. The first-order valence-electron chi connectivity index (χ1n) is 6.04. The van der Waals surface area contributed by atoms with Gasteiger partial charge in [-0.15, -0.1) is 0 Å². The van der Waals surface area contributed by atoms with Crippen molar-refractivity contribution in [3.05, 3.63) is 0 Å². The third-order valence-electron chi connectivity index (χ3n) is 2.78. The van der Waals surface area contributed by atoms with Crippen molar-refractivity contribution in [2.45, 2.75) is 52.1 Å². The molecule has 0 spiro atoms. The Labute approximate surface area is 101 Å². The zero-order chi connectivity index (χ0) is 13.1. The third kappa shape index (κ3) is 5.33. The summed E-state index contributed by atoms with van der Waals surface area (Å²) in [6.45, 7) is 6.48. The molecule has 100 valence electrons. The quantitative estimate of drug-likeness (QED) is 0.751. The summed E-state index contributed by atoms with van der Waals surface area (Å²) in [7, 11) is 0. The van der Waals surface area contributed by atoms with Crippen LogP contribution in [0.4, 0.5) is 13.6 Å². The number of carbonyl (C=O) groups is 1. The molecule has 5 heteroatoms. The fourth-order valence-electron chi connectivity index (χ4n) is 1.93. The zero-order valence-electron chi connectivity index (χ0n) is 10.7. The van der Waals surface area contributed by atoms with Gasteiger partial charge in [0.1, 0.15) is 5.60 Å². The fraction of sp³-hybridized carbons (Fsp3) is 0.917. The summed E-state index contributed by atoms with van der Waals surface area (Å²) in [6, 6.07) is 0. The number of amides is 1. The van der Waals surface area contributed by atoms with Crippen molar-refractivity contribution in [1.82, 2.24) is 4.90 Å². The van der Waals surface area contributed by atoms with E-state index in [2.05, 4.69) is 0 Å². The van der Waals surface area contributed by atoms with Gasteiger partial charge in [-0.1, -0.05) is 0 Å². The van der Waals surface area contributed by atoms with Crippen molar-refractivity contribution in [1.29, 1.82) is 0 Å². The van der Waals surface area contributed by atoms with E-state index in [-0.39, 0.29) is 18.4 Å². The highest BCUT2D eigenvalue weighted by Gasteiger charge is 2.27. The summed E-state index contributed by atoms with van der Waals surface area (Å²) in [5, 5.41) is 0. The van der Waals surface area contributed by atoms with Gasteiger partial charge in [0.2, 0.25) is 6.43 Å². The number of piperidine rings is 1. The number of alkyl halides is 2. The van der Waals surface area contributed by atoms with Crippen LogP contribution in [0.1, 0.15) is 40.0 Å². The smallest absolute Gasteiger partial charge is 0.410 e. The average Bonchev–Trinajstić information content (AvgIpc) is 2.15. The molecule has 1 saturated heterocycles. The van der Waals surface area contributed by atoms with Gasteiger partial charge in [0.25, 0.3) is 0 Å². The molecule has 1 amide bonds. The molecule has 3 nitrogen and oxygen atoms in total. The summed E-state index contributed by atoms with van der Waals surface area (Å²) in [5.41, 5.74) is -0.503. The Balaban J connectivity index is 2.34. The molecule has 0 atom stereocenters. The van der Waals surface area contributed by atoms with Crippen molar-refractivity contribution < 1.29 is 18.3 Å². The van der Waals surface area contributed by atoms with Gasteiger partial charge in [-0.3, -0.25) is 0 Å². The Hall–Kier alpha value is -0.870. The highest BCUT2D eigenvalue weighted by atomic mass is 19.3. The minimum atomic E-state index is -2.24. The Morgan fingerprint density at radius 3 is 2.29 bits per heavy atom. The Bertz CT molecular complexity index is 256. The lowest BCUT2D eigenvalue weighted by atomic mass is 9.94. The van der Waals surface area contributed by atoms with Crippen molar-refractivity contribution >= 4 is 6.09 Å². The summed E-state index contributed by atoms with van der Waals surface area (Å²) >= 11 is 0. The predicted octanol–water partition coefficient (Wildman–Crippen LogP) is 3.29. The molecule has 0 N–H and O–H groups in total. The molecular weight excluding hydrogens is 228 g/mol. The van der Waals surface area contributed by atoms with E-state index < -0.39 is 12.0 Å². The maximum absolute atomic E-state index is 12.2. The first-order chi connectivity index (χ1) is 7.78. The van der Waals surface area contributed by atoms with E-state index in [0.29, 0.717) is 25.9 Å². The summed E-state index contributed by atoms with van der Waals surface area (Å²) in [6.07, 6.45) is -1.35. The summed E-state index contributed by atoms with van der Waals surface area (Å²) in [4.78, 5) is 13.3. The third-order valence-corrected chi connectivity index (χ3v) is 2.78. The van der Waals surface area contributed by atoms with Gasteiger partial charge >= 0.3 is 6.09 Å². The predicted molar refractivity (Wildman–Crippen MR) is 61.2 cm³/mol. The van der Waals surface area contributed by atoms with Crippen molar-refractivity contribution in [2.75, 3.05) is 13.1 Å². The Morgan fingerprint density at radius 2 is 1.88 bits per heavy atom. The van der Waals surface area contributed by atoms with E-state index in [4.69, 9.17) is 4.74 Å². The van der Waals surface area contributed by atoms with Crippen LogP contribution in [0.3, 0.4) is 0 Å². The van der Waals surface area contributed by atoms with Crippen molar-refractivity contribution in [3.63, 3.8) is 0 Å². The maximum Gasteiger partial charge on any atom is 0.410 e. The van der Waals surface area contributed by atoms with E-state index >= 15 is 0 Å². The van der Waals surface area contributed by atoms with E-state index in [1.54, 1.807) is 4.90 Å². The van der Waals surface area contributed by atoms with Gasteiger partial charge in [-0.05, 0) is 39.5 Å². The van der Waals surface area contributed by atoms with Crippen LogP contribution in [0.15, 0.2) is 0 Å². The number of halogens is 2. The molecule has 0 aromatic heterocycles. The SMILES string of the molecule is CC(C)(C)OC(=O)N1CCC(CC(F)F)CC1. The monoisotopic (exact) mass is 249 g/mol. The van der Waals surface area contributed by atoms with Crippen LogP contribution in [-0.4, -0.2) is 36.1 Å². The molecule has 0 aromatic carbocycles. The number of likely N-dealkylation sites (tertiary alicyclic amines) is 1. The van der Waals surface area contributed by atoms with E-state index in [9.17, 15) is 13.6 Å². The second kappa shape index (κ2) is 5.65. The van der Waals surface area contributed by atoms with Crippen molar-refractivity contribution in [2.24, 2.45) is 5.92 Å². The lowest BCUT2D eigenvalue weighted by Crippen LogP contribution is -2.41. The molecule has 17 heavy (non-hydrogen) atoms. The highest BCUT2D eigenvalue weighted by Crippen LogP contribution is 2.24. The lowest BCUT2D eigenvalue weighted by Gasteiger charge is -2.33. The number of hydrogen-bond donors (Lipinski definition) is 0. The molecule has 0 radical (unpaired) electrons. The van der Waals surface area contributed by atoms with E-state index in [1.807, 2.05) is 20.8 Å². The maximum atomic E-state index is 12.2. The van der Waals surface area contributed by atoms with Gasteiger partial charge in [0.15, 0.2) is 0 Å². The number of rotatable bonds is 2. The van der Waals surface area contributed by atoms with Crippen molar-refractivity contribution in [3.8, 4) is 0 Å². The molecule has 1 rings (SSSR count). The van der Waals surface area contributed by atoms with Crippen LogP contribution >= 0.6 is 0 Å². The largest absolute Gasteiger partial charge is 0.444 e. The standard InChI is InChI=1S/C12H21F2NO2/c1-12(2,3)17-11(16)15-6-4-9(5-7-15)8-10(13)14/h9-10H,4-8H2,1-3H3. The van der Waals surface area contributed by atoms with Gasteiger partial charge < -0.3 is 9.64 Å². The molecule has 0 saturated carbocycles. The summed E-state index contributed by atoms with van der Waals surface area (Å²) in [5.74, 6) is 0.0358. The second-order valence-corrected chi connectivity index (χ2v) is 5.54. The molecule has 0 aromatic rings. The van der Waals surface area contributed by atoms with E-state index in [0.717, 1.165) is 0 Å². The molecule has 1 heterocycles. The number of carbonyl (C=O) groups excluding carboxylic acids is 1. The molecule has 1 fully saturated rings. The first-order valence-corrected chi connectivity index (χ1v) is 6.04. The number of ether oxygens (including phenoxy) is 1. The van der Waals surface area contributed by atoms with Crippen LogP contribution < -0.4 is 0 Å². The lowest BCUT2D eigenvalue weighted by molar-refractivity contribution is 0.0152. The first kappa shape index (κ1) is 14.2. The molecule has 1 aliphatic heterocycles. The van der Waals surface area contributed by atoms with Crippen LogP contribution in [-0.2, 0) is 4.74 Å². The van der Waals surface area contributed by atoms with Crippen LogP contribution in [0, 0.1) is 5.92 Å². The number of hydrogen-bond acceptors (Lipinski definition) is 2. The zero-order valence-corrected chi connectivity index (χ0v) is 10.7.